The maximum absolute atomic E-state index is 6.17. The molecule has 32 heavy (non-hydrogen) atoms. The number of benzene rings is 1. The maximum atomic E-state index is 6.17. The summed E-state index contributed by atoms with van der Waals surface area (Å²) in [7, 11) is 0. The monoisotopic (exact) mass is 521 g/mol. The molecule has 0 radical (unpaired) electrons. The first-order valence-electron chi connectivity index (χ1n) is 11.5. The van der Waals surface area contributed by atoms with Gasteiger partial charge in [-0.2, -0.15) is 0 Å². The zero-order chi connectivity index (χ0) is 22.7. The Labute approximate surface area is 204 Å². The smallest absolute Gasteiger partial charge is 0.151 e. The van der Waals surface area contributed by atoms with Gasteiger partial charge in [-0.05, 0) is 57.1 Å². The van der Waals surface area contributed by atoms with Crippen LogP contribution in [-0.2, 0) is 4.45 Å². The second kappa shape index (κ2) is 10.1. The normalized spacial score (nSPS) is 21.0. The molecular weight excluding hydrogens is 490 g/mol. The number of anilines is 3. The van der Waals surface area contributed by atoms with Gasteiger partial charge in [0.05, 0.1) is 5.56 Å². The number of likely N-dealkylation sites (N-methyl/N-ethyl adjacent to an activating group) is 1. The van der Waals surface area contributed by atoms with E-state index in [1.54, 1.807) is 6.33 Å². The molecule has 2 N–H and O–H groups in total. The van der Waals surface area contributed by atoms with Crippen LogP contribution in [0.3, 0.4) is 0 Å². The maximum Gasteiger partial charge on any atom is 0.151 e. The number of piperidine rings is 1. The van der Waals surface area contributed by atoms with Crippen LogP contribution >= 0.6 is 27.5 Å². The van der Waals surface area contributed by atoms with Crippen molar-refractivity contribution in [2.45, 2.75) is 44.1 Å². The average Bonchev–Trinajstić information content (AvgIpc) is 3.13. The molecule has 1 aromatic heterocycles. The van der Waals surface area contributed by atoms with Crippen molar-refractivity contribution in [3.05, 3.63) is 41.2 Å². The number of hydrazine groups is 1. The van der Waals surface area contributed by atoms with E-state index in [0.717, 1.165) is 74.3 Å². The first-order chi connectivity index (χ1) is 15.4. The van der Waals surface area contributed by atoms with E-state index < -0.39 is 0 Å². The number of halogens is 2. The lowest BCUT2D eigenvalue weighted by Crippen LogP contribution is -2.48. The Bertz CT molecular complexity index is 896. The molecule has 1 atom stereocenters. The Morgan fingerprint density at radius 2 is 1.81 bits per heavy atom. The molecule has 7 nitrogen and oxygen atoms in total. The molecule has 4 rings (SSSR count). The third-order valence-corrected chi connectivity index (χ3v) is 7.47. The highest BCUT2D eigenvalue weighted by Crippen LogP contribution is 2.42. The predicted octanol–water partition coefficient (Wildman–Crippen LogP) is 4.44. The summed E-state index contributed by atoms with van der Waals surface area (Å²) in [4.78, 5) is 16.5. The van der Waals surface area contributed by atoms with Crippen molar-refractivity contribution in [2.24, 2.45) is 0 Å². The number of hydrogen-bond acceptors (Lipinski definition) is 7. The van der Waals surface area contributed by atoms with E-state index in [2.05, 4.69) is 84.4 Å². The summed E-state index contributed by atoms with van der Waals surface area (Å²) in [5, 5.41) is 0.782. The van der Waals surface area contributed by atoms with E-state index in [-0.39, 0.29) is 4.45 Å². The van der Waals surface area contributed by atoms with Crippen LogP contribution in [0.15, 0.2) is 30.6 Å². The van der Waals surface area contributed by atoms with Crippen LogP contribution in [-0.4, -0.2) is 60.2 Å². The molecular formula is C23H33BrClN7. The molecule has 0 aliphatic carbocycles. The molecule has 0 saturated carbocycles. The Kier molecular flexibility index (Phi) is 7.44. The van der Waals surface area contributed by atoms with Crippen molar-refractivity contribution in [1.82, 2.24) is 20.3 Å². The Morgan fingerprint density at radius 1 is 1.12 bits per heavy atom. The van der Waals surface area contributed by atoms with Gasteiger partial charge < -0.3 is 20.1 Å². The van der Waals surface area contributed by atoms with Gasteiger partial charge in [-0.1, -0.05) is 41.4 Å². The second-order valence-electron chi connectivity index (χ2n) is 8.59. The lowest BCUT2D eigenvalue weighted by molar-refractivity contribution is 0.302. The van der Waals surface area contributed by atoms with Crippen molar-refractivity contribution in [1.29, 1.82) is 0 Å². The number of nitrogens with one attached hydrogen (secondary N) is 2. The van der Waals surface area contributed by atoms with E-state index >= 15 is 0 Å². The SMILES string of the molecule is CCN(CC)CCN(c1ccc(Cl)cc1)C1CCN(c2ncnc3c2C(C)(Br)NN3)CC1. The van der Waals surface area contributed by atoms with Crippen molar-refractivity contribution in [3.8, 4) is 0 Å². The topological polar surface area (TPSA) is 59.6 Å². The standard InChI is InChI=1S/C23H33BrClN7/c1-4-30(5-2)14-15-32(18-8-6-17(25)7-9-18)19-10-12-31(13-11-19)22-20-21(26-16-27-22)28-29-23(20,3)24/h6-9,16,19,29H,4-5,10-15H2,1-3H3,(H,26,27,28). The van der Waals surface area contributed by atoms with Crippen molar-refractivity contribution in [3.63, 3.8) is 0 Å². The predicted molar refractivity (Wildman–Crippen MR) is 137 cm³/mol. The first kappa shape index (κ1) is 23.5. The van der Waals surface area contributed by atoms with Gasteiger partial charge in [0.15, 0.2) is 5.82 Å². The van der Waals surface area contributed by atoms with Gasteiger partial charge in [0.2, 0.25) is 0 Å². The summed E-state index contributed by atoms with van der Waals surface area (Å²) >= 11 is 9.95. The minimum atomic E-state index is -0.380. The van der Waals surface area contributed by atoms with Crippen LogP contribution in [0.1, 0.15) is 39.2 Å². The average molecular weight is 523 g/mol. The quantitative estimate of drug-likeness (QED) is 0.392. The minimum Gasteiger partial charge on any atom is -0.367 e. The molecule has 0 spiro atoms. The molecule has 2 aromatic rings. The van der Waals surface area contributed by atoms with Gasteiger partial charge in [0, 0.05) is 42.9 Å². The molecule has 9 heteroatoms. The number of nitrogens with zero attached hydrogens (tertiary/aromatic N) is 5. The lowest BCUT2D eigenvalue weighted by Gasteiger charge is -2.41. The lowest BCUT2D eigenvalue weighted by atomic mass is 10.0. The van der Waals surface area contributed by atoms with Gasteiger partial charge in [0.1, 0.15) is 16.6 Å². The minimum absolute atomic E-state index is 0.380. The van der Waals surface area contributed by atoms with Crippen molar-refractivity contribution < 1.29 is 0 Å². The first-order valence-corrected chi connectivity index (χ1v) is 12.7. The van der Waals surface area contributed by atoms with Gasteiger partial charge >= 0.3 is 0 Å². The fourth-order valence-corrected chi connectivity index (χ4v) is 5.31. The summed E-state index contributed by atoms with van der Waals surface area (Å²) in [6.07, 6.45) is 3.81. The largest absolute Gasteiger partial charge is 0.367 e. The molecule has 1 unspecified atom stereocenters. The van der Waals surface area contributed by atoms with Crippen molar-refractivity contribution >= 4 is 44.9 Å². The number of fused-ring (bicyclic) bond motifs is 1. The third kappa shape index (κ3) is 4.98. The van der Waals surface area contributed by atoms with Crippen LogP contribution in [0.2, 0.25) is 5.02 Å². The third-order valence-electron chi connectivity index (χ3n) is 6.63. The Balaban J connectivity index is 1.49. The van der Waals surface area contributed by atoms with E-state index in [0.29, 0.717) is 6.04 Å². The molecule has 2 aliphatic rings. The van der Waals surface area contributed by atoms with E-state index in [4.69, 9.17) is 11.6 Å². The zero-order valence-corrected chi connectivity index (χ0v) is 21.5. The van der Waals surface area contributed by atoms with Gasteiger partial charge in [-0.25, -0.2) is 15.4 Å². The van der Waals surface area contributed by atoms with Gasteiger partial charge in [-0.15, -0.1) is 0 Å². The van der Waals surface area contributed by atoms with Crippen LogP contribution in [0.25, 0.3) is 0 Å². The number of aromatic nitrogens is 2. The van der Waals surface area contributed by atoms with E-state index in [1.165, 1.54) is 5.69 Å². The molecule has 1 saturated heterocycles. The van der Waals surface area contributed by atoms with Crippen LogP contribution in [0.5, 0.6) is 0 Å². The van der Waals surface area contributed by atoms with Gasteiger partial charge in [-0.3, -0.25) is 0 Å². The Hall–Kier alpha value is -1.61. The summed E-state index contributed by atoms with van der Waals surface area (Å²) in [5.41, 5.74) is 8.74. The molecule has 1 fully saturated rings. The second-order valence-corrected chi connectivity index (χ2v) is 10.6. The van der Waals surface area contributed by atoms with Gasteiger partial charge in [0.25, 0.3) is 0 Å². The highest BCUT2D eigenvalue weighted by atomic mass is 79.9. The molecule has 3 heterocycles. The van der Waals surface area contributed by atoms with Crippen LogP contribution in [0, 0.1) is 0 Å². The zero-order valence-electron chi connectivity index (χ0n) is 19.1. The fourth-order valence-electron chi connectivity index (χ4n) is 4.72. The molecule has 2 aliphatic heterocycles. The van der Waals surface area contributed by atoms with Crippen LogP contribution < -0.4 is 20.7 Å². The number of rotatable bonds is 8. The molecule has 0 bridgehead atoms. The Morgan fingerprint density at radius 3 is 2.47 bits per heavy atom. The molecule has 174 valence electrons. The van der Waals surface area contributed by atoms with E-state index in [1.807, 2.05) is 12.1 Å². The van der Waals surface area contributed by atoms with Crippen LogP contribution in [0.4, 0.5) is 17.3 Å². The summed E-state index contributed by atoms with van der Waals surface area (Å²) < 4.78 is -0.380. The summed E-state index contributed by atoms with van der Waals surface area (Å²) in [6, 6.07) is 8.79. The highest BCUT2D eigenvalue weighted by molar-refractivity contribution is 9.09. The van der Waals surface area contributed by atoms with Crippen molar-refractivity contribution in [2.75, 3.05) is 54.5 Å². The number of alkyl halides is 1. The fraction of sp³-hybridized carbons (Fsp3) is 0.565. The summed E-state index contributed by atoms with van der Waals surface area (Å²) in [5.74, 6) is 1.85. The molecule has 1 aromatic carbocycles. The summed E-state index contributed by atoms with van der Waals surface area (Å²) in [6.45, 7) is 12.7. The van der Waals surface area contributed by atoms with E-state index in [9.17, 15) is 0 Å². The highest BCUT2D eigenvalue weighted by Gasteiger charge is 2.38. The number of hydrogen-bond donors (Lipinski definition) is 2. The molecule has 0 amide bonds.